The van der Waals surface area contributed by atoms with Crippen LogP contribution in [0.25, 0.3) is 11.1 Å². The highest BCUT2D eigenvalue weighted by Gasteiger charge is 2.30. The molecule has 7 nitrogen and oxygen atoms in total. The van der Waals surface area contributed by atoms with E-state index in [1.54, 1.807) is 12.1 Å². The molecule has 2 aromatic carbocycles. The Morgan fingerprint density at radius 2 is 1.71 bits per heavy atom. The van der Waals surface area contributed by atoms with Crippen molar-refractivity contribution in [2.45, 2.75) is 18.4 Å². The van der Waals surface area contributed by atoms with Crippen LogP contribution in [0.15, 0.2) is 66.9 Å². The summed E-state index contributed by atoms with van der Waals surface area (Å²) >= 11 is 0. The van der Waals surface area contributed by atoms with Crippen LogP contribution >= 0.6 is 0 Å². The molecular formula is C24H19N3O4. The molecule has 7 heteroatoms. The van der Waals surface area contributed by atoms with E-state index in [0.717, 1.165) is 22.3 Å². The van der Waals surface area contributed by atoms with Crippen molar-refractivity contribution in [3.8, 4) is 17.2 Å². The van der Waals surface area contributed by atoms with Crippen molar-refractivity contribution in [3.05, 3.63) is 89.2 Å². The zero-order chi connectivity index (χ0) is 21.8. The van der Waals surface area contributed by atoms with E-state index >= 15 is 0 Å². The van der Waals surface area contributed by atoms with E-state index in [4.69, 9.17) is 10.00 Å². The molecule has 0 spiro atoms. The first kappa shape index (κ1) is 20.1. The van der Waals surface area contributed by atoms with Crippen molar-refractivity contribution >= 4 is 12.1 Å². The number of aromatic nitrogens is 1. The Balaban J connectivity index is 1.45. The molecular weight excluding hydrogens is 394 g/mol. The summed E-state index contributed by atoms with van der Waals surface area (Å²) in [6.45, 7) is 0.0859. The van der Waals surface area contributed by atoms with Gasteiger partial charge in [0, 0.05) is 18.5 Å². The van der Waals surface area contributed by atoms with Crippen molar-refractivity contribution in [2.75, 3.05) is 6.61 Å². The van der Waals surface area contributed by atoms with Crippen LogP contribution in [0.2, 0.25) is 0 Å². The lowest BCUT2D eigenvalue weighted by Crippen LogP contribution is -2.43. The van der Waals surface area contributed by atoms with Crippen molar-refractivity contribution < 1.29 is 19.4 Å². The summed E-state index contributed by atoms with van der Waals surface area (Å²) in [6, 6.07) is 19.8. The van der Waals surface area contributed by atoms with Gasteiger partial charge < -0.3 is 15.2 Å². The lowest BCUT2D eigenvalue weighted by molar-refractivity contribution is -0.139. The summed E-state index contributed by atoms with van der Waals surface area (Å²) in [4.78, 5) is 28.0. The van der Waals surface area contributed by atoms with Crippen LogP contribution in [0, 0.1) is 11.3 Å². The van der Waals surface area contributed by atoms with Gasteiger partial charge in [0.2, 0.25) is 0 Å². The van der Waals surface area contributed by atoms with Crippen LogP contribution in [0.1, 0.15) is 28.3 Å². The number of rotatable bonds is 6. The third-order valence-corrected chi connectivity index (χ3v) is 5.36. The third kappa shape index (κ3) is 4.09. The van der Waals surface area contributed by atoms with E-state index in [9.17, 15) is 14.7 Å². The number of amides is 1. The SMILES string of the molecule is N#Cc1ncccc1CC(NC(=O)OCC1c2ccccc2-c2ccccc21)C(=O)O. The number of alkyl carbamates (subject to hydrolysis) is 1. The minimum atomic E-state index is -1.24. The molecule has 4 rings (SSSR count). The number of aliphatic carboxylic acids is 1. The van der Waals surface area contributed by atoms with Gasteiger partial charge in [-0.3, -0.25) is 0 Å². The van der Waals surface area contributed by atoms with E-state index in [1.165, 1.54) is 6.20 Å². The van der Waals surface area contributed by atoms with Crippen LogP contribution < -0.4 is 5.32 Å². The maximum absolute atomic E-state index is 12.4. The molecule has 0 saturated heterocycles. The number of benzene rings is 2. The number of carbonyl (C=O) groups excluding carboxylic acids is 1. The minimum Gasteiger partial charge on any atom is -0.480 e. The number of nitrogens with zero attached hydrogens (tertiary/aromatic N) is 2. The molecule has 0 saturated carbocycles. The first-order chi connectivity index (χ1) is 15.1. The lowest BCUT2D eigenvalue weighted by Gasteiger charge is -2.17. The average molecular weight is 413 g/mol. The molecule has 1 aliphatic rings. The molecule has 154 valence electrons. The third-order valence-electron chi connectivity index (χ3n) is 5.36. The first-order valence-corrected chi connectivity index (χ1v) is 9.76. The number of carboxylic acids is 1. The Bertz CT molecular complexity index is 1140. The highest BCUT2D eigenvalue weighted by atomic mass is 16.5. The Hall–Kier alpha value is -4.18. The smallest absolute Gasteiger partial charge is 0.407 e. The summed E-state index contributed by atoms with van der Waals surface area (Å²) in [7, 11) is 0. The van der Waals surface area contributed by atoms with Crippen LogP contribution in [0.4, 0.5) is 4.79 Å². The van der Waals surface area contributed by atoms with Gasteiger partial charge >= 0.3 is 12.1 Å². The predicted molar refractivity (Wildman–Crippen MR) is 112 cm³/mol. The number of nitriles is 1. The Morgan fingerprint density at radius 1 is 1.06 bits per heavy atom. The predicted octanol–water partition coefficient (Wildman–Crippen LogP) is 3.49. The van der Waals surface area contributed by atoms with Crippen molar-refractivity contribution in [1.82, 2.24) is 10.3 Å². The maximum atomic E-state index is 12.4. The fourth-order valence-corrected chi connectivity index (χ4v) is 3.91. The average Bonchev–Trinajstić information content (AvgIpc) is 3.11. The number of carbonyl (C=O) groups is 2. The molecule has 1 unspecified atom stereocenters. The van der Waals surface area contributed by atoms with Gasteiger partial charge in [0.25, 0.3) is 0 Å². The fourth-order valence-electron chi connectivity index (χ4n) is 3.91. The number of ether oxygens (including phenoxy) is 1. The molecule has 0 fully saturated rings. The normalized spacial score (nSPS) is 12.9. The number of pyridine rings is 1. The molecule has 1 aromatic heterocycles. The first-order valence-electron chi connectivity index (χ1n) is 9.76. The maximum Gasteiger partial charge on any atom is 0.407 e. The summed E-state index contributed by atoms with van der Waals surface area (Å²) in [5.41, 5.74) is 4.92. The van der Waals surface area contributed by atoms with Crippen LogP contribution in [-0.4, -0.2) is 34.8 Å². The number of fused-ring (bicyclic) bond motifs is 3. The molecule has 2 N–H and O–H groups in total. The van der Waals surface area contributed by atoms with Gasteiger partial charge in [-0.15, -0.1) is 0 Å². The van der Waals surface area contributed by atoms with Crippen molar-refractivity contribution in [1.29, 1.82) is 5.26 Å². The molecule has 0 aliphatic heterocycles. The van der Waals surface area contributed by atoms with Crippen LogP contribution in [-0.2, 0) is 16.0 Å². The molecule has 3 aromatic rings. The summed E-state index contributed by atoms with van der Waals surface area (Å²) in [5.74, 6) is -1.34. The Kier molecular flexibility index (Phi) is 5.63. The van der Waals surface area contributed by atoms with Gasteiger partial charge in [-0.25, -0.2) is 14.6 Å². The van der Waals surface area contributed by atoms with Gasteiger partial charge in [-0.05, 0) is 33.9 Å². The van der Waals surface area contributed by atoms with E-state index in [2.05, 4.69) is 10.3 Å². The summed E-state index contributed by atoms with van der Waals surface area (Å²) < 4.78 is 5.42. The topological polar surface area (TPSA) is 112 Å². The quantitative estimate of drug-likeness (QED) is 0.640. The van der Waals surface area contributed by atoms with Crippen molar-refractivity contribution in [3.63, 3.8) is 0 Å². The van der Waals surface area contributed by atoms with Crippen LogP contribution in [0.3, 0.4) is 0 Å². The molecule has 1 aliphatic carbocycles. The summed E-state index contributed by atoms with van der Waals surface area (Å²) in [6.07, 6.45) is 0.559. The van der Waals surface area contributed by atoms with Gasteiger partial charge in [-0.2, -0.15) is 5.26 Å². The lowest BCUT2D eigenvalue weighted by atomic mass is 9.98. The molecule has 0 radical (unpaired) electrons. The molecule has 0 bridgehead atoms. The zero-order valence-electron chi connectivity index (χ0n) is 16.5. The van der Waals surface area contributed by atoms with Gasteiger partial charge in [-0.1, -0.05) is 54.6 Å². The van der Waals surface area contributed by atoms with Gasteiger partial charge in [0.05, 0.1) is 0 Å². The molecule has 1 amide bonds. The molecule has 1 atom stereocenters. The number of carboxylic acid groups (broad SMARTS) is 1. The van der Waals surface area contributed by atoms with E-state index < -0.39 is 18.1 Å². The standard InChI is InChI=1S/C24H19N3O4/c25-13-22-15(6-5-11-26-22)12-21(23(28)29)27-24(30)31-14-20-18-9-3-1-7-16(18)17-8-2-4-10-19(17)20/h1-11,20-21H,12,14H2,(H,27,30)(H,28,29). The molecule has 1 heterocycles. The van der Waals surface area contributed by atoms with Gasteiger partial charge in [0.15, 0.2) is 0 Å². The second-order valence-electron chi connectivity index (χ2n) is 7.19. The monoisotopic (exact) mass is 413 g/mol. The van der Waals surface area contributed by atoms with E-state index in [0.29, 0.717) is 5.56 Å². The molecule has 31 heavy (non-hydrogen) atoms. The van der Waals surface area contributed by atoms with Crippen LogP contribution in [0.5, 0.6) is 0 Å². The second-order valence-corrected chi connectivity index (χ2v) is 7.19. The minimum absolute atomic E-state index is 0.0732. The number of nitrogens with one attached hydrogen (secondary N) is 1. The fraction of sp³-hybridized carbons (Fsp3) is 0.167. The largest absolute Gasteiger partial charge is 0.480 e. The second kappa shape index (κ2) is 8.67. The zero-order valence-corrected chi connectivity index (χ0v) is 16.5. The Labute approximate surface area is 178 Å². The van der Waals surface area contributed by atoms with E-state index in [-0.39, 0.29) is 24.6 Å². The van der Waals surface area contributed by atoms with E-state index in [1.807, 2.05) is 54.6 Å². The summed E-state index contributed by atoms with van der Waals surface area (Å²) in [5, 5.41) is 21.0. The van der Waals surface area contributed by atoms with Gasteiger partial charge in [0.1, 0.15) is 24.4 Å². The number of hydrogen-bond donors (Lipinski definition) is 2. The highest BCUT2D eigenvalue weighted by molar-refractivity contribution is 5.81. The highest BCUT2D eigenvalue weighted by Crippen LogP contribution is 2.44. The Morgan fingerprint density at radius 3 is 2.32 bits per heavy atom. The van der Waals surface area contributed by atoms with Crippen molar-refractivity contribution in [2.24, 2.45) is 0 Å². The number of hydrogen-bond acceptors (Lipinski definition) is 5.